The molecule has 0 aromatic carbocycles. The van der Waals surface area contributed by atoms with E-state index in [1.165, 1.54) is 0 Å². The van der Waals surface area contributed by atoms with Gasteiger partial charge in [-0.3, -0.25) is 0 Å². The summed E-state index contributed by atoms with van der Waals surface area (Å²) in [5.74, 6) is 0. The molecule has 1 rings (SSSR count). The third-order valence-corrected chi connectivity index (χ3v) is 4.78. The van der Waals surface area contributed by atoms with Crippen molar-refractivity contribution in [2.75, 3.05) is 0 Å². The second-order valence-corrected chi connectivity index (χ2v) is 5.83. The first-order valence-electron chi connectivity index (χ1n) is 4.62. The lowest BCUT2D eigenvalue weighted by atomic mass is 10.0. The van der Waals surface area contributed by atoms with E-state index in [1.807, 2.05) is 0 Å². The highest BCUT2D eigenvalue weighted by molar-refractivity contribution is 7.48. The van der Waals surface area contributed by atoms with Crippen LogP contribution in [-0.4, -0.2) is 17.4 Å². The molecule has 0 aromatic rings. The van der Waals surface area contributed by atoms with Gasteiger partial charge in [-0.15, -0.1) is 0 Å². The van der Waals surface area contributed by atoms with E-state index in [9.17, 15) is 0 Å². The third kappa shape index (κ3) is 1.99. The minimum Gasteiger partial charge on any atom is -0.328 e. The summed E-state index contributed by atoms with van der Waals surface area (Å²) in [6.45, 7) is 10.7. The van der Waals surface area contributed by atoms with Crippen LogP contribution in [0.15, 0.2) is 0 Å². The summed E-state index contributed by atoms with van der Waals surface area (Å²) in [4.78, 5) is 0. The predicted molar refractivity (Wildman–Crippen MR) is 52.4 cm³/mol. The standard InChI is InChI=1S/C9H19O2P/c1-6-7(2)12-10-8(3)9(4,5)11-12/h7-8H,6H2,1-5H3. The maximum atomic E-state index is 5.86. The van der Waals surface area contributed by atoms with Crippen molar-refractivity contribution in [2.24, 2.45) is 0 Å². The average Bonchev–Trinajstić information content (AvgIpc) is 2.25. The highest BCUT2D eigenvalue weighted by Crippen LogP contribution is 2.56. The van der Waals surface area contributed by atoms with Crippen molar-refractivity contribution < 1.29 is 9.05 Å². The van der Waals surface area contributed by atoms with Crippen LogP contribution >= 0.6 is 8.38 Å². The van der Waals surface area contributed by atoms with E-state index in [4.69, 9.17) is 9.05 Å². The molecule has 72 valence electrons. The predicted octanol–water partition coefficient (Wildman–Crippen LogP) is 3.31. The zero-order chi connectivity index (χ0) is 9.35. The van der Waals surface area contributed by atoms with Crippen LogP contribution in [0.25, 0.3) is 0 Å². The Balaban J connectivity index is 2.54. The Hall–Kier alpha value is 0.350. The van der Waals surface area contributed by atoms with Crippen molar-refractivity contribution in [1.82, 2.24) is 0 Å². The topological polar surface area (TPSA) is 18.5 Å². The van der Waals surface area contributed by atoms with E-state index in [0.29, 0.717) is 5.66 Å². The molecule has 1 fully saturated rings. The number of rotatable bonds is 2. The Labute approximate surface area is 76.6 Å². The Morgan fingerprint density at radius 2 is 2.08 bits per heavy atom. The summed E-state index contributed by atoms with van der Waals surface area (Å²) in [6.07, 6.45) is 1.37. The fourth-order valence-corrected chi connectivity index (χ4v) is 2.86. The lowest BCUT2D eigenvalue weighted by Crippen LogP contribution is -2.29. The van der Waals surface area contributed by atoms with Crippen molar-refractivity contribution in [3.05, 3.63) is 0 Å². The molecule has 1 saturated heterocycles. The van der Waals surface area contributed by atoms with E-state index in [0.717, 1.165) is 6.42 Å². The normalized spacial score (nSPS) is 36.8. The van der Waals surface area contributed by atoms with Crippen LogP contribution in [0.5, 0.6) is 0 Å². The molecular weight excluding hydrogens is 171 g/mol. The van der Waals surface area contributed by atoms with Gasteiger partial charge in [-0.1, -0.05) is 13.8 Å². The number of hydrogen-bond acceptors (Lipinski definition) is 2. The Morgan fingerprint density at radius 1 is 1.50 bits per heavy atom. The van der Waals surface area contributed by atoms with Crippen molar-refractivity contribution in [1.29, 1.82) is 0 Å². The van der Waals surface area contributed by atoms with E-state index >= 15 is 0 Å². The summed E-state index contributed by atoms with van der Waals surface area (Å²) in [5.41, 5.74) is 0.471. The molecule has 2 nitrogen and oxygen atoms in total. The zero-order valence-electron chi connectivity index (χ0n) is 8.63. The summed E-state index contributed by atoms with van der Waals surface area (Å²) in [7, 11) is -0.634. The molecule has 1 aliphatic heterocycles. The molecule has 1 heterocycles. The van der Waals surface area contributed by atoms with E-state index in [-0.39, 0.29) is 11.7 Å². The zero-order valence-corrected chi connectivity index (χ0v) is 9.52. The Morgan fingerprint density at radius 3 is 2.42 bits per heavy atom. The van der Waals surface area contributed by atoms with Gasteiger partial charge in [-0.2, -0.15) is 0 Å². The van der Waals surface area contributed by atoms with Crippen molar-refractivity contribution >= 4 is 8.38 Å². The second kappa shape index (κ2) is 3.61. The quantitative estimate of drug-likeness (QED) is 0.622. The van der Waals surface area contributed by atoms with Crippen LogP contribution in [0.4, 0.5) is 0 Å². The highest BCUT2D eigenvalue weighted by Gasteiger charge is 2.42. The van der Waals surface area contributed by atoms with Crippen LogP contribution in [0.1, 0.15) is 41.0 Å². The SMILES string of the molecule is CCC(C)P1OC(C)C(C)(C)O1. The molecule has 3 heteroatoms. The van der Waals surface area contributed by atoms with E-state index in [2.05, 4.69) is 34.6 Å². The maximum absolute atomic E-state index is 5.86. The van der Waals surface area contributed by atoms with Crippen LogP contribution in [0.3, 0.4) is 0 Å². The summed E-state index contributed by atoms with van der Waals surface area (Å²) in [6, 6.07) is 0. The largest absolute Gasteiger partial charge is 0.328 e. The molecule has 0 N–H and O–H groups in total. The molecule has 0 bridgehead atoms. The van der Waals surface area contributed by atoms with Crippen LogP contribution in [0, 0.1) is 0 Å². The molecular formula is C9H19O2P. The minimum atomic E-state index is -0.634. The van der Waals surface area contributed by atoms with Gasteiger partial charge in [0, 0.05) is 5.66 Å². The Bertz CT molecular complexity index is 159. The molecule has 3 atom stereocenters. The molecule has 0 aliphatic carbocycles. The number of hydrogen-bond donors (Lipinski definition) is 0. The van der Waals surface area contributed by atoms with Crippen LogP contribution in [-0.2, 0) is 9.05 Å². The van der Waals surface area contributed by atoms with Crippen LogP contribution < -0.4 is 0 Å². The Kier molecular flexibility index (Phi) is 3.14. The van der Waals surface area contributed by atoms with Crippen molar-refractivity contribution in [2.45, 2.75) is 58.4 Å². The molecule has 1 aliphatic rings. The fraction of sp³-hybridized carbons (Fsp3) is 1.00. The molecule has 0 saturated carbocycles. The first-order chi connectivity index (χ1) is 5.47. The minimum absolute atomic E-state index is 0.0882. The van der Waals surface area contributed by atoms with Gasteiger partial charge in [-0.05, 0) is 27.2 Å². The molecule has 0 amide bonds. The molecule has 12 heavy (non-hydrogen) atoms. The smallest absolute Gasteiger partial charge is 0.174 e. The maximum Gasteiger partial charge on any atom is 0.174 e. The summed E-state index contributed by atoms with van der Waals surface area (Å²) in [5, 5.41) is 0. The second-order valence-electron chi connectivity index (χ2n) is 3.98. The molecule has 0 radical (unpaired) electrons. The van der Waals surface area contributed by atoms with Gasteiger partial charge in [0.25, 0.3) is 0 Å². The van der Waals surface area contributed by atoms with Gasteiger partial charge < -0.3 is 9.05 Å². The fourth-order valence-electron chi connectivity index (χ4n) is 0.953. The van der Waals surface area contributed by atoms with Gasteiger partial charge in [0.05, 0.1) is 11.7 Å². The van der Waals surface area contributed by atoms with E-state index in [1.54, 1.807) is 0 Å². The summed E-state index contributed by atoms with van der Waals surface area (Å²) >= 11 is 0. The average molecular weight is 190 g/mol. The van der Waals surface area contributed by atoms with Crippen LogP contribution in [0.2, 0.25) is 0 Å². The van der Waals surface area contributed by atoms with Gasteiger partial charge >= 0.3 is 0 Å². The van der Waals surface area contributed by atoms with Gasteiger partial charge in [0.2, 0.25) is 0 Å². The lowest BCUT2D eigenvalue weighted by Gasteiger charge is -2.20. The molecule has 0 aromatic heterocycles. The third-order valence-electron chi connectivity index (χ3n) is 2.52. The first-order valence-corrected chi connectivity index (χ1v) is 5.87. The summed E-state index contributed by atoms with van der Waals surface area (Å²) < 4.78 is 11.6. The highest BCUT2D eigenvalue weighted by atomic mass is 31.2. The lowest BCUT2D eigenvalue weighted by molar-refractivity contribution is 0.0852. The van der Waals surface area contributed by atoms with Crippen molar-refractivity contribution in [3.63, 3.8) is 0 Å². The first kappa shape index (κ1) is 10.4. The monoisotopic (exact) mass is 190 g/mol. The van der Waals surface area contributed by atoms with Crippen molar-refractivity contribution in [3.8, 4) is 0 Å². The molecule has 0 spiro atoms. The van der Waals surface area contributed by atoms with Gasteiger partial charge in [-0.25, -0.2) is 0 Å². The molecule has 3 unspecified atom stereocenters. The van der Waals surface area contributed by atoms with E-state index < -0.39 is 8.38 Å². The van der Waals surface area contributed by atoms with Gasteiger partial charge in [0.15, 0.2) is 8.38 Å². The van der Waals surface area contributed by atoms with Gasteiger partial charge in [0.1, 0.15) is 0 Å².